The lowest BCUT2D eigenvalue weighted by Crippen LogP contribution is -2.28. The summed E-state index contributed by atoms with van der Waals surface area (Å²) in [6.45, 7) is 3.27. The number of ether oxygens (including phenoxy) is 2. The summed E-state index contributed by atoms with van der Waals surface area (Å²) in [5.74, 6) is 1.08. The van der Waals surface area contributed by atoms with Crippen LogP contribution in [0.15, 0.2) is 6.20 Å². The molecule has 2 unspecified atom stereocenters. The van der Waals surface area contributed by atoms with E-state index in [1.54, 1.807) is 6.20 Å². The number of fused-ring (bicyclic) bond motifs is 4. The van der Waals surface area contributed by atoms with Crippen molar-refractivity contribution >= 4 is 34.3 Å². The molecule has 2 saturated heterocycles. The van der Waals surface area contributed by atoms with Crippen LogP contribution in [0, 0.1) is 6.92 Å². The van der Waals surface area contributed by atoms with Crippen LogP contribution in [0.1, 0.15) is 43.8 Å². The van der Waals surface area contributed by atoms with Gasteiger partial charge >= 0.3 is 0 Å². The molecule has 3 aromatic heterocycles. The van der Waals surface area contributed by atoms with Gasteiger partial charge < -0.3 is 14.8 Å². The Morgan fingerprint density at radius 2 is 2.03 bits per heavy atom. The standard InChI is InChI=1S/C19H22ClN7O2/c1-10-15-18(25-27(10)11-7-12-3-4-13(8-11)29-12)28-6-2-5-26-17-14(16(20)24-26)9-21-19(22-15)23-17/h9,11-13H,2-8H2,1H3,(H,21,22,23). The van der Waals surface area contributed by atoms with Crippen molar-refractivity contribution in [3.63, 3.8) is 0 Å². The van der Waals surface area contributed by atoms with Crippen molar-refractivity contribution in [2.24, 2.45) is 0 Å². The number of hydrogen-bond acceptors (Lipinski definition) is 7. The number of aryl methyl sites for hydroxylation is 1. The monoisotopic (exact) mass is 415 g/mol. The summed E-state index contributed by atoms with van der Waals surface area (Å²) in [6, 6.07) is 0.329. The van der Waals surface area contributed by atoms with Gasteiger partial charge in [0.05, 0.1) is 35.9 Å². The maximum atomic E-state index is 6.24. The van der Waals surface area contributed by atoms with Gasteiger partial charge in [0.2, 0.25) is 5.95 Å². The zero-order valence-electron chi connectivity index (χ0n) is 16.1. The predicted octanol–water partition coefficient (Wildman–Crippen LogP) is 3.39. The predicted molar refractivity (Wildman–Crippen MR) is 107 cm³/mol. The van der Waals surface area contributed by atoms with Gasteiger partial charge in [0.1, 0.15) is 5.69 Å². The van der Waals surface area contributed by atoms with Gasteiger partial charge in [0.25, 0.3) is 5.88 Å². The third kappa shape index (κ3) is 2.86. The van der Waals surface area contributed by atoms with E-state index in [1.165, 1.54) is 0 Å². The molecule has 6 rings (SSSR count). The number of rotatable bonds is 1. The fourth-order valence-corrected chi connectivity index (χ4v) is 4.98. The normalized spacial score (nSPS) is 26.1. The molecule has 1 N–H and O–H groups in total. The number of nitrogens with one attached hydrogen (secondary N) is 1. The van der Waals surface area contributed by atoms with Gasteiger partial charge in [-0.3, -0.25) is 4.68 Å². The summed E-state index contributed by atoms with van der Waals surface area (Å²) in [6.07, 6.45) is 7.49. The second-order valence-corrected chi connectivity index (χ2v) is 8.42. The van der Waals surface area contributed by atoms with Crippen molar-refractivity contribution in [3.8, 4) is 5.88 Å². The summed E-state index contributed by atoms with van der Waals surface area (Å²) in [5.41, 5.74) is 2.57. The van der Waals surface area contributed by atoms with Crippen molar-refractivity contribution in [2.45, 2.75) is 63.8 Å². The largest absolute Gasteiger partial charge is 0.475 e. The highest BCUT2D eigenvalue weighted by atomic mass is 35.5. The Kier molecular flexibility index (Phi) is 3.95. The zero-order chi connectivity index (χ0) is 19.5. The molecule has 6 heterocycles. The van der Waals surface area contributed by atoms with E-state index in [1.807, 2.05) is 4.68 Å². The molecule has 4 bridgehead atoms. The average molecular weight is 416 g/mol. The molecule has 0 aliphatic carbocycles. The number of aromatic nitrogens is 6. The summed E-state index contributed by atoms with van der Waals surface area (Å²) in [5, 5.41) is 13.7. The molecular formula is C19H22ClN7O2. The molecule has 2 atom stereocenters. The first-order valence-electron chi connectivity index (χ1n) is 10.2. The quantitative estimate of drug-likeness (QED) is 0.651. The number of anilines is 2. The molecule has 0 spiro atoms. The average Bonchev–Trinajstić information content (AvgIpc) is 3.33. The Balaban J connectivity index is 1.40. The van der Waals surface area contributed by atoms with Crippen molar-refractivity contribution in [2.75, 3.05) is 11.9 Å². The van der Waals surface area contributed by atoms with E-state index in [-0.39, 0.29) is 0 Å². The lowest BCUT2D eigenvalue weighted by atomic mass is 10.0. The molecule has 3 aromatic rings. The molecule has 0 saturated carbocycles. The first-order chi connectivity index (χ1) is 14.2. The third-order valence-corrected chi connectivity index (χ3v) is 6.44. The Labute approximate surface area is 172 Å². The van der Waals surface area contributed by atoms with Crippen LogP contribution in [0.4, 0.5) is 11.6 Å². The molecule has 2 fully saturated rings. The van der Waals surface area contributed by atoms with Crippen LogP contribution < -0.4 is 10.1 Å². The Morgan fingerprint density at radius 3 is 2.86 bits per heavy atom. The van der Waals surface area contributed by atoms with Crippen molar-refractivity contribution in [1.82, 2.24) is 29.5 Å². The highest BCUT2D eigenvalue weighted by Gasteiger charge is 2.37. The zero-order valence-corrected chi connectivity index (χ0v) is 16.9. The van der Waals surface area contributed by atoms with Crippen LogP contribution in [0.2, 0.25) is 5.15 Å². The van der Waals surface area contributed by atoms with Gasteiger partial charge in [0.15, 0.2) is 10.8 Å². The minimum atomic E-state index is 0.329. The molecular weight excluding hydrogens is 394 g/mol. The lowest BCUT2D eigenvalue weighted by Gasteiger charge is -2.29. The van der Waals surface area contributed by atoms with Gasteiger partial charge in [-0.05, 0) is 32.6 Å². The van der Waals surface area contributed by atoms with Gasteiger partial charge in [-0.25, -0.2) is 9.67 Å². The van der Waals surface area contributed by atoms with Crippen LogP contribution in [0.5, 0.6) is 5.88 Å². The number of halogens is 1. The van der Waals surface area contributed by atoms with E-state index in [4.69, 9.17) is 26.2 Å². The minimum absolute atomic E-state index is 0.329. The first-order valence-corrected chi connectivity index (χ1v) is 10.6. The molecule has 9 nitrogen and oxygen atoms in total. The maximum Gasteiger partial charge on any atom is 0.257 e. The number of nitrogens with zero attached hydrogens (tertiary/aromatic N) is 6. The SMILES string of the molecule is Cc1c2c(nn1C1CC3CCC(C1)O3)OCCCn1nc(Cl)c3cnc(nc31)N2. The smallest absolute Gasteiger partial charge is 0.257 e. The Bertz CT molecular complexity index is 1080. The second kappa shape index (κ2) is 6.56. The topological polar surface area (TPSA) is 91.9 Å². The fourth-order valence-electron chi connectivity index (χ4n) is 4.76. The van der Waals surface area contributed by atoms with Crippen molar-refractivity contribution in [3.05, 3.63) is 17.0 Å². The van der Waals surface area contributed by atoms with Gasteiger partial charge in [-0.1, -0.05) is 11.6 Å². The fraction of sp³-hybridized carbons (Fsp3) is 0.579. The molecule has 29 heavy (non-hydrogen) atoms. The molecule has 0 radical (unpaired) electrons. The number of hydrogen-bond donors (Lipinski definition) is 1. The van der Waals surface area contributed by atoms with Crippen molar-refractivity contribution < 1.29 is 9.47 Å². The van der Waals surface area contributed by atoms with E-state index in [9.17, 15) is 0 Å². The van der Waals surface area contributed by atoms with E-state index < -0.39 is 0 Å². The van der Waals surface area contributed by atoms with Crippen LogP contribution in [-0.4, -0.2) is 48.3 Å². The Hall–Kier alpha value is -2.39. The van der Waals surface area contributed by atoms with E-state index in [0.717, 1.165) is 54.5 Å². The summed E-state index contributed by atoms with van der Waals surface area (Å²) < 4.78 is 16.0. The van der Waals surface area contributed by atoms with Gasteiger partial charge in [-0.2, -0.15) is 10.1 Å². The van der Waals surface area contributed by atoms with Crippen LogP contribution in [-0.2, 0) is 11.3 Å². The molecule has 152 valence electrons. The van der Waals surface area contributed by atoms with Gasteiger partial charge in [0, 0.05) is 19.2 Å². The second-order valence-electron chi connectivity index (χ2n) is 8.06. The highest BCUT2D eigenvalue weighted by molar-refractivity contribution is 6.34. The first kappa shape index (κ1) is 17.5. The molecule has 0 amide bonds. The van der Waals surface area contributed by atoms with Crippen LogP contribution in [0.3, 0.4) is 0 Å². The lowest BCUT2D eigenvalue weighted by molar-refractivity contribution is -0.0186. The molecule has 0 aromatic carbocycles. The van der Waals surface area contributed by atoms with E-state index in [2.05, 4.69) is 32.0 Å². The summed E-state index contributed by atoms with van der Waals surface area (Å²) in [4.78, 5) is 9.09. The Morgan fingerprint density at radius 1 is 1.21 bits per heavy atom. The third-order valence-electron chi connectivity index (χ3n) is 6.16. The van der Waals surface area contributed by atoms with Crippen molar-refractivity contribution in [1.29, 1.82) is 0 Å². The minimum Gasteiger partial charge on any atom is -0.475 e. The molecule has 3 aliphatic heterocycles. The van der Waals surface area contributed by atoms with Crippen LogP contribution in [0.25, 0.3) is 11.0 Å². The highest BCUT2D eigenvalue weighted by Crippen LogP contribution is 2.41. The van der Waals surface area contributed by atoms with E-state index >= 15 is 0 Å². The van der Waals surface area contributed by atoms with Gasteiger partial charge in [-0.15, -0.1) is 5.10 Å². The molecule has 3 aliphatic rings. The summed E-state index contributed by atoms with van der Waals surface area (Å²) in [7, 11) is 0. The summed E-state index contributed by atoms with van der Waals surface area (Å²) >= 11 is 6.24. The van der Waals surface area contributed by atoms with Crippen LogP contribution >= 0.6 is 11.6 Å². The molecule has 10 heteroatoms. The maximum absolute atomic E-state index is 6.24. The van der Waals surface area contributed by atoms with E-state index in [0.29, 0.717) is 48.4 Å².